The largest absolute Gasteiger partial charge is 0.312 e. The molecule has 90 valence electrons. The molecule has 0 aliphatic carbocycles. The Morgan fingerprint density at radius 2 is 2.56 bits per heavy atom. The SMILES string of the molecule is CCCn1cc(C(NC)C2CCCS2)cn1. The lowest BCUT2D eigenvalue weighted by Gasteiger charge is -2.20. The molecule has 2 atom stereocenters. The summed E-state index contributed by atoms with van der Waals surface area (Å²) >= 11 is 2.09. The molecule has 1 aliphatic rings. The fourth-order valence-electron chi connectivity index (χ4n) is 2.32. The first-order valence-corrected chi connectivity index (χ1v) is 7.21. The molecule has 0 radical (unpaired) electrons. The van der Waals surface area contributed by atoms with Crippen LogP contribution >= 0.6 is 11.8 Å². The lowest BCUT2D eigenvalue weighted by Crippen LogP contribution is -2.25. The first-order valence-electron chi connectivity index (χ1n) is 6.16. The summed E-state index contributed by atoms with van der Waals surface area (Å²) in [7, 11) is 2.06. The summed E-state index contributed by atoms with van der Waals surface area (Å²) in [4.78, 5) is 0. The molecule has 1 aromatic rings. The summed E-state index contributed by atoms with van der Waals surface area (Å²) in [6.07, 6.45) is 8.05. The lowest BCUT2D eigenvalue weighted by atomic mass is 10.0. The van der Waals surface area contributed by atoms with Crippen LogP contribution < -0.4 is 5.32 Å². The van der Waals surface area contributed by atoms with Gasteiger partial charge in [-0.3, -0.25) is 4.68 Å². The Hall–Kier alpha value is -0.480. The molecule has 2 rings (SSSR count). The number of hydrogen-bond donors (Lipinski definition) is 1. The van der Waals surface area contributed by atoms with E-state index in [1.807, 2.05) is 6.20 Å². The Morgan fingerprint density at radius 1 is 1.69 bits per heavy atom. The Bertz CT molecular complexity index is 318. The van der Waals surface area contributed by atoms with Crippen LogP contribution in [0.15, 0.2) is 12.4 Å². The Kier molecular flexibility index (Phi) is 4.29. The maximum Gasteiger partial charge on any atom is 0.0538 e. The minimum atomic E-state index is 0.470. The van der Waals surface area contributed by atoms with Gasteiger partial charge in [0.2, 0.25) is 0 Å². The van der Waals surface area contributed by atoms with E-state index in [2.05, 4.69) is 47.0 Å². The van der Waals surface area contributed by atoms with E-state index in [1.54, 1.807) is 0 Å². The molecule has 0 amide bonds. The minimum Gasteiger partial charge on any atom is -0.312 e. The fourth-order valence-corrected chi connectivity index (χ4v) is 3.78. The average molecular weight is 239 g/mol. The van der Waals surface area contributed by atoms with E-state index in [0.717, 1.165) is 18.2 Å². The summed E-state index contributed by atoms with van der Waals surface area (Å²) in [5.74, 6) is 1.31. The van der Waals surface area contributed by atoms with Crippen molar-refractivity contribution < 1.29 is 0 Å². The lowest BCUT2D eigenvalue weighted by molar-refractivity contribution is 0.549. The fraction of sp³-hybridized carbons (Fsp3) is 0.750. The van der Waals surface area contributed by atoms with Crippen LogP contribution in [-0.4, -0.2) is 27.8 Å². The van der Waals surface area contributed by atoms with E-state index in [1.165, 1.54) is 24.2 Å². The van der Waals surface area contributed by atoms with Crippen LogP contribution in [0.3, 0.4) is 0 Å². The highest BCUT2D eigenvalue weighted by molar-refractivity contribution is 8.00. The number of rotatable bonds is 5. The molecule has 3 nitrogen and oxygen atoms in total. The van der Waals surface area contributed by atoms with Crippen LogP contribution in [0.5, 0.6) is 0 Å². The van der Waals surface area contributed by atoms with Crippen LogP contribution in [0.2, 0.25) is 0 Å². The molecular weight excluding hydrogens is 218 g/mol. The minimum absolute atomic E-state index is 0.470. The molecule has 2 unspecified atom stereocenters. The molecule has 1 saturated heterocycles. The van der Waals surface area contributed by atoms with Crippen LogP contribution in [0.25, 0.3) is 0 Å². The Balaban J connectivity index is 2.06. The number of aromatic nitrogens is 2. The van der Waals surface area contributed by atoms with Gasteiger partial charge >= 0.3 is 0 Å². The Morgan fingerprint density at radius 3 is 3.19 bits per heavy atom. The van der Waals surface area contributed by atoms with Crippen molar-refractivity contribution in [3.8, 4) is 0 Å². The van der Waals surface area contributed by atoms with Gasteiger partial charge in [0.25, 0.3) is 0 Å². The quantitative estimate of drug-likeness (QED) is 0.856. The van der Waals surface area contributed by atoms with E-state index in [0.29, 0.717) is 6.04 Å². The van der Waals surface area contributed by atoms with E-state index in [4.69, 9.17) is 0 Å². The molecule has 16 heavy (non-hydrogen) atoms. The molecule has 1 fully saturated rings. The highest BCUT2D eigenvalue weighted by atomic mass is 32.2. The van der Waals surface area contributed by atoms with Crippen LogP contribution in [0.1, 0.15) is 37.8 Å². The van der Waals surface area contributed by atoms with Gasteiger partial charge in [0.05, 0.1) is 6.20 Å². The first kappa shape index (κ1) is 12.0. The van der Waals surface area contributed by atoms with E-state index in [-0.39, 0.29) is 0 Å². The van der Waals surface area contributed by atoms with Crippen molar-refractivity contribution in [2.24, 2.45) is 0 Å². The third-order valence-electron chi connectivity index (χ3n) is 3.11. The zero-order valence-corrected chi connectivity index (χ0v) is 11.0. The molecule has 2 heterocycles. The second-order valence-corrected chi connectivity index (χ2v) is 5.70. The number of thioether (sulfide) groups is 1. The van der Waals surface area contributed by atoms with Gasteiger partial charge in [-0.25, -0.2) is 0 Å². The second kappa shape index (κ2) is 5.73. The molecule has 1 aliphatic heterocycles. The molecule has 1 N–H and O–H groups in total. The number of nitrogens with one attached hydrogen (secondary N) is 1. The summed E-state index contributed by atoms with van der Waals surface area (Å²) in [6, 6.07) is 0.470. The molecule has 0 saturated carbocycles. The van der Waals surface area contributed by atoms with Gasteiger partial charge in [-0.2, -0.15) is 16.9 Å². The van der Waals surface area contributed by atoms with Crippen molar-refractivity contribution >= 4 is 11.8 Å². The van der Waals surface area contributed by atoms with Crippen LogP contribution in [0, 0.1) is 0 Å². The predicted octanol–water partition coefficient (Wildman–Crippen LogP) is 2.45. The van der Waals surface area contributed by atoms with Gasteiger partial charge < -0.3 is 5.32 Å². The van der Waals surface area contributed by atoms with Gasteiger partial charge in [0.15, 0.2) is 0 Å². The summed E-state index contributed by atoms with van der Waals surface area (Å²) < 4.78 is 2.05. The molecule has 0 bridgehead atoms. The van der Waals surface area contributed by atoms with E-state index < -0.39 is 0 Å². The Labute approximate surface area is 102 Å². The van der Waals surface area contributed by atoms with Crippen molar-refractivity contribution in [3.63, 3.8) is 0 Å². The van der Waals surface area contributed by atoms with Gasteiger partial charge in [-0.1, -0.05) is 6.92 Å². The topological polar surface area (TPSA) is 29.9 Å². The zero-order valence-electron chi connectivity index (χ0n) is 10.1. The number of hydrogen-bond acceptors (Lipinski definition) is 3. The highest BCUT2D eigenvalue weighted by Crippen LogP contribution is 2.35. The van der Waals surface area contributed by atoms with E-state index >= 15 is 0 Å². The normalized spacial score (nSPS) is 22.5. The standard InChI is InChI=1S/C12H21N3S/c1-3-6-15-9-10(8-14-15)12(13-2)11-5-4-7-16-11/h8-9,11-13H,3-7H2,1-2H3. The molecule has 1 aromatic heterocycles. The maximum absolute atomic E-state index is 4.41. The second-order valence-electron chi connectivity index (χ2n) is 4.35. The van der Waals surface area contributed by atoms with Crippen molar-refractivity contribution in [1.29, 1.82) is 0 Å². The monoisotopic (exact) mass is 239 g/mol. The average Bonchev–Trinajstić information content (AvgIpc) is 2.92. The number of nitrogens with zero attached hydrogens (tertiary/aromatic N) is 2. The molecular formula is C12H21N3S. The molecule has 4 heteroatoms. The summed E-state index contributed by atoms with van der Waals surface area (Å²) in [5.41, 5.74) is 1.34. The predicted molar refractivity (Wildman–Crippen MR) is 69.8 cm³/mol. The van der Waals surface area contributed by atoms with Gasteiger partial charge in [0.1, 0.15) is 0 Å². The highest BCUT2D eigenvalue weighted by Gasteiger charge is 2.26. The van der Waals surface area contributed by atoms with Crippen molar-refractivity contribution in [3.05, 3.63) is 18.0 Å². The summed E-state index contributed by atoms with van der Waals surface area (Å²) in [5, 5.41) is 8.58. The third kappa shape index (κ3) is 2.61. The number of aryl methyl sites for hydroxylation is 1. The first-order chi connectivity index (χ1) is 7.85. The zero-order chi connectivity index (χ0) is 11.4. The van der Waals surface area contributed by atoms with Gasteiger partial charge in [0, 0.05) is 29.6 Å². The van der Waals surface area contributed by atoms with Crippen molar-refractivity contribution in [2.75, 3.05) is 12.8 Å². The maximum atomic E-state index is 4.41. The van der Waals surface area contributed by atoms with Crippen molar-refractivity contribution in [1.82, 2.24) is 15.1 Å². The summed E-state index contributed by atoms with van der Waals surface area (Å²) in [6.45, 7) is 3.21. The van der Waals surface area contributed by atoms with E-state index in [9.17, 15) is 0 Å². The molecule has 0 spiro atoms. The van der Waals surface area contributed by atoms with Gasteiger partial charge in [-0.15, -0.1) is 0 Å². The van der Waals surface area contributed by atoms with Crippen LogP contribution in [-0.2, 0) is 6.54 Å². The van der Waals surface area contributed by atoms with Crippen molar-refractivity contribution in [2.45, 2.75) is 44.0 Å². The third-order valence-corrected chi connectivity index (χ3v) is 4.57. The van der Waals surface area contributed by atoms with Gasteiger partial charge in [-0.05, 0) is 32.1 Å². The smallest absolute Gasteiger partial charge is 0.0538 e. The van der Waals surface area contributed by atoms with Crippen LogP contribution in [0.4, 0.5) is 0 Å². The molecule has 0 aromatic carbocycles.